The highest BCUT2D eigenvalue weighted by Crippen LogP contribution is 2.53. The summed E-state index contributed by atoms with van der Waals surface area (Å²) in [5.41, 5.74) is 0. The van der Waals surface area contributed by atoms with Crippen molar-refractivity contribution in [2.24, 2.45) is 0 Å². The lowest BCUT2D eigenvalue weighted by Crippen LogP contribution is -2.65. The molecule has 0 radical (unpaired) electrons. The molecule has 0 rings (SSSR count). The van der Waals surface area contributed by atoms with Gasteiger partial charge in [-0.1, -0.05) is 21.4 Å². The van der Waals surface area contributed by atoms with Crippen molar-refractivity contribution in [1.82, 2.24) is 0 Å². The maximum atomic E-state index is 11.5. The predicted octanol–water partition coefficient (Wildman–Crippen LogP) is -0.124. The van der Waals surface area contributed by atoms with Crippen LogP contribution in [-0.4, -0.2) is 34.9 Å². The molecular weight excluding hydrogens is 251 g/mol. The zero-order chi connectivity index (χ0) is 13.0. The fourth-order valence-corrected chi connectivity index (χ4v) is 7.50. The van der Waals surface area contributed by atoms with Crippen molar-refractivity contribution in [3.63, 3.8) is 0 Å². The van der Waals surface area contributed by atoms with Gasteiger partial charge in [0.2, 0.25) is 0 Å². The molecule has 98 valence electrons. The van der Waals surface area contributed by atoms with E-state index in [9.17, 15) is 14.4 Å². The Hall–Kier alpha value is 0.247. The highest BCUT2D eigenvalue weighted by molar-refractivity contribution is 7.54. The zero-order valence-corrected chi connectivity index (χ0v) is 12.2. The van der Waals surface area contributed by atoms with Gasteiger partial charge in [-0.15, -0.1) is 0 Å². The van der Waals surface area contributed by atoms with Crippen LogP contribution in [-0.2, 0) is 17.8 Å². The van der Waals surface area contributed by atoms with E-state index in [0.717, 1.165) is 0 Å². The van der Waals surface area contributed by atoms with Gasteiger partial charge in [0.1, 0.15) is 0 Å². The molecule has 0 amide bonds. The van der Waals surface area contributed by atoms with Gasteiger partial charge in [-0.2, -0.15) is 0 Å². The molecule has 0 saturated heterocycles. The molecule has 8 heteroatoms. The largest absolute Gasteiger partial charge is 0.810 e. The molecule has 0 aliphatic heterocycles. The van der Waals surface area contributed by atoms with Crippen LogP contribution in [0.2, 0.25) is 0 Å². The Balaban J connectivity index is 5.74. The van der Waals surface area contributed by atoms with E-state index < -0.39 is 21.2 Å². The zero-order valence-electron chi connectivity index (χ0n) is 10.3. The van der Waals surface area contributed by atoms with Crippen molar-refractivity contribution in [2.75, 3.05) is 21.3 Å². The average molecular weight is 270 g/mol. The monoisotopic (exact) mass is 270 g/mol. The fourth-order valence-electron chi connectivity index (χ4n) is 2.06. The van der Waals surface area contributed by atoms with Crippen molar-refractivity contribution >= 4 is 16.4 Å². The Morgan fingerprint density at radius 1 is 1.06 bits per heavy atom. The third-order valence-electron chi connectivity index (χ3n) is 3.07. The van der Waals surface area contributed by atoms with E-state index in [0.29, 0.717) is 0 Å². The van der Waals surface area contributed by atoms with Crippen LogP contribution in [0.3, 0.4) is 0 Å². The summed E-state index contributed by atoms with van der Waals surface area (Å²) in [6.07, 6.45) is 0.213. The Kier molecular flexibility index (Phi) is 5.81. The maximum absolute atomic E-state index is 11.5. The third kappa shape index (κ3) is 2.26. The smallest absolute Gasteiger partial charge is 0.511 e. The minimum Gasteiger partial charge on any atom is -0.810 e. The summed E-state index contributed by atoms with van der Waals surface area (Å²) in [6, 6.07) is 0. The van der Waals surface area contributed by atoms with Crippen LogP contribution in [0, 0.1) is 0 Å². The van der Waals surface area contributed by atoms with Crippen molar-refractivity contribution in [3.8, 4) is 0 Å². The van der Waals surface area contributed by atoms with E-state index >= 15 is 0 Å². The van der Waals surface area contributed by atoms with E-state index in [-0.39, 0.29) is 12.8 Å². The first-order chi connectivity index (χ1) is 7.30. The van der Waals surface area contributed by atoms with E-state index in [2.05, 4.69) is 0 Å². The molecule has 0 heterocycles. The summed E-state index contributed by atoms with van der Waals surface area (Å²) in [7, 11) is -4.51. The molecule has 0 aliphatic carbocycles. The standard InChI is InChI=1S/C8H21O6PSi/c1-6-8(7-2,15(9,10)11)16(12-3,13-4)14-5/h6-7H2,1-5H3,(H2,9,10,11)/p-2. The third-order valence-corrected chi connectivity index (χ3v) is 9.85. The van der Waals surface area contributed by atoms with E-state index in [1.54, 1.807) is 13.8 Å². The van der Waals surface area contributed by atoms with E-state index in [1.165, 1.54) is 21.3 Å². The second kappa shape index (κ2) is 5.73. The van der Waals surface area contributed by atoms with Gasteiger partial charge in [0, 0.05) is 21.3 Å². The van der Waals surface area contributed by atoms with Gasteiger partial charge in [0.15, 0.2) is 0 Å². The number of hydrogen-bond donors (Lipinski definition) is 0. The van der Waals surface area contributed by atoms with Gasteiger partial charge in [0.05, 0.1) is 4.78 Å². The first-order valence-corrected chi connectivity index (χ1v) is 8.25. The highest BCUT2D eigenvalue weighted by Gasteiger charge is 2.59. The van der Waals surface area contributed by atoms with Gasteiger partial charge in [-0.05, 0) is 12.8 Å². The van der Waals surface area contributed by atoms with Gasteiger partial charge in [0.25, 0.3) is 0 Å². The SMILES string of the molecule is CCC(CC)([Si](OC)(OC)OC)P(=O)([O-])[O-]. The molecule has 6 nitrogen and oxygen atoms in total. The molecule has 0 unspecified atom stereocenters. The first-order valence-electron chi connectivity index (χ1n) is 4.98. The summed E-state index contributed by atoms with van der Waals surface area (Å²) in [5.74, 6) is 0. The Morgan fingerprint density at radius 2 is 1.38 bits per heavy atom. The molecule has 0 spiro atoms. The number of rotatable bonds is 7. The fraction of sp³-hybridized carbons (Fsp3) is 1.00. The Bertz CT molecular complexity index is 249. The number of hydrogen-bond acceptors (Lipinski definition) is 6. The second-order valence-corrected chi connectivity index (χ2v) is 8.97. The molecule has 0 saturated carbocycles. The lowest BCUT2D eigenvalue weighted by atomic mass is 10.2. The predicted molar refractivity (Wildman–Crippen MR) is 57.7 cm³/mol. The molecule has 0 fully saturated rings. The summed E-state index contributed by atoms with van der Waals surface area (Å²) in [6.45, 7) is 3.23. The van der Waals surface area contributed by atoms with E-state index in [4.69, 9.17) is 13.3 Å². The molecule has 0 aromatic heterocycles. The molecule has 16 heavy (non-hydrogen) atoms. The Labute approximate surface area is 97.4 Å². The lowest BCUT2D eigenvalue weighted by Gasteiger charge is -2.54. The topological polar surface area (TPSA) is 90.9 Å². The van der Waals surface area contributed by atoms with Crippen LogP contribution in [0.15, 0.2) is 0 Å². The van der Waals surface area contributed by atoms with Crippen molar-refractivity contribution in [2.45, 2.75) is 31.5 Å². The molecule has 0 atom stereocenters. The minimum absolute atomic E-state index is 0.107. The van der Waals surface area contributed by atoms with Crippen LogP contribution in [0.5, 0.6) is 0 Å². The first kappa shape index (κ1) is 16.2. The molecule has 0 bridgehead atoms. The summed E-state index contributed by atoms with van der Waals surface area (Å²) in [4.78, 5) is 23.0. The molecular formula is C8H19O6PSi-2. The van der Waals surface area contributed by atoms with Crippen LogP contribution >= 0.6 is 7.60 Å². The minimum atomic E-state index is -4.89. The van der Waals surface area contributed by atoms with Gasteiger partial charge in [-0.25, -0.2) is 0 Å². The normalized spacial score (nSPS) is 14.2. The summed E-state index contributed by atoms with van der Waals surface area (Å²) < 4.78 is 25.3. The van der Waals surface area contributed by atoms with Crippen molar-refractivity contribution in [3.05, 3.63) is 0 Å². The Morgan fingerprint density at radius 3 is 1.44 bits per heavy atom. The van der Waals surface area contributed by atoms with Crippen LogP contribution in [0.25, 0.3) is 0 Å². The van der Waals surface area contributed by atoms with E-state index in [1.807, 2.05) is 0 Å². The summed E-state index contributed by atoms with van der Waals surface area (Å²) >= 11 is 0. The second-order valence-electron chi connectivity index (χ2n) is 3.40. The average Bonchev–Trinajstić information content (AvgIpc) is 2.24. The van der Waals surface area contributed by atoms with Crippen molar-refractivity contribution in [1.29, 1.82) is 0 Å². The van der Waals surface area contributed by atoms with Gasteiger partial charge < -0.3 is 27.6 Å². The molecule has 0 aliphatic rings. The molecule has 0 aromatic rings. The highest BCUT2D eigenvalue weighted by atomic mass is 31.2. The maximum Gasteiger partial charge on any atom is 0.511 e. The lowest BCUT2D eigenvalue weighted by molar-refractivity contribution is -0.319. The van der Waals surface area contributed by atoms with Crippen LogP contribution < -0.4 is 9.79 Å². The molecule has 0 N–H and O–H groups in total. The van der Waals surface area contributed by atoms with Gasteiger partial charge >= 0.3 is 8.80 Å². The van der Waals surface area contributed by atoms with Crippen molar-refractivity contribution < 1.29 is 27.6 Å². The quantitative estimate of drug-likeness (QED) is 0.473. The van der Waals surface area contributed by atoms with Gasteiger partial charge in [-0.3, -0.25) is 0 Å². The van der Waals surface area contributed by atoms with Crippen LogP contribution in [0.4, 0.5) is 0 Å². The van der Waals surface area contributed by atoms with Crippen LogP contribution in [0.1, 0.15) is 26.7 Å². The summed E-state index contributed by atoms with van der Waals surface area (Å²) in [5, 5.41) is 0. The molecule has 0 aromatic carbocycles.